The molecule has 104 valence electrons. The summed E-state index contributed by atoms with van der Waals surface area (Å²) in [4.78, 5) is 4.26. The van der Waals surface area contributed by atoms with Crippen molar-refractivity contribution in [1.29, 1.82) is 0 Å². The van der Waals surface area contributed by atoms with E-state index in [4.69, 9.17) is 0 Å². The molecule has 0 spiro atoms. The Balaban J connectivity index is 1.77. The van der Waals surface area contributed by atoms with Crippen LogP contribution in [0.15, 0.2) is 35.9 Å². The number of allylic oxidation sites excluding steroid dienone is 2. The Kier molecular flexibility index (Phi) is 2.00. The van der Waals surface area contributed by atoms with E-state index < -0.39 is 0 Å². The van der Waals surface area contributed by atoms with Crippen LogP contribution in [0.2, 0.25) is 0 Å². The van der Waals surface area contributed by atoms with Crippen molar-refractivity contribution in [2.45, 2.75) is 18.3 Å². The molecule has 0 unspecified atom stereocenters. The molecule has 2 bridgehead atoms. The van der Waals surface area contributed by atoms with Gasteiger partial charge in [-0.2, -0.15) is 0 Å². The molecular weight excluding hydrogens is 284 g/mol. The molecule has 21 heavy (non-hydrogen) atoms. The SMILES string of the molecule is Oc1c2c(c(O)n1-c1ccc3ncsc3c1)[C@H]1C=C[C@@H]2C1. The molecule has 0 fully saturated rings. The summed E-state index contributed by atoms with van der Waals surface area (Å²) in [5, 5.41) is 21.2. The van der Waals surface area contributed by atoms with Crippen molar-refractivity contribution in [2.75, 3.05) is 0 Å². The first kappa shape index (κ1) is 11.4. The zero-order chi connectivity index (χ0) is 14.1. The molecule has 0 aliphatic heterocycles. The van der Waals surface area contributed by atoms with Gasteiger partial charge in [0.15, 0.2) is 0 Å². The fourth-order valence-corrected chi connectivity index (χ4v) is 4.38. The number of hydrogen-bond acceptors (Lipinski definition) is 4. The lowest BCUT2D eigenvalue weighted by Crippen LogP contribution is -1.95. The van der Waals surface area contributed by atoms with E-state index in [1.54, 1.807) is 21.4 Å². The molecule has 2 N–H and O–H groups in total. The zero-order valence-electron chi connectivity index (χ0n) is 11.0. The van der Waals surface area contributed by atoms with Gasteiger partial charge in [0.1, 0.15) is 0 Å². The Morgan fingerprint density at radius 3 is 2.52 bits per heavy atom. The van der Waals surface area contributed by atoms with Crippen molar-refractivity contribution in [3.05, 3.63) is 47.0 Å². The average Bonchev–Trinajstić information content (AvgIpc) is 3.22. The fourth-order valence-electron chi connectivity index (χ4n) is 3.67. The molecule has 0 amide bonds. The molecule has 5 heteroatoms. The Morgan fingerprint density at radius 2 is 1.81 bits per heavy atom. The number of aromatic nitrogens is 2. The van der Waals surface area contributed by atoms with Crippen LogP contribution in [0.25, 0.3) is 15.9 Å². The highest BCUT2D eigenvalue weighted by Gasteiger charge is 2.41. The maximum atomic E-state index is 10.6. The van der Waals surface area contributed by atoms with Crippen LogP contribution in [-0.2, 0) is 0 Å². The molecule has 1 aromatic carbocycles. The first-order chi connectivity index (χ1) is 10.2. The second kappa shape index (κ2) is 3.68. The first-order valence-electron chi connectivity index (χ1n) is 6.92. The molecule has 2 aliphatic rings. The molecule has 4 nitrogen and oxygen atoms in total. The van der Waals surface area contributed by atoms with Gasteiger partial charge in [-0.1, -0.05) is 12.2 Å². The van der Waals surface area contributed by atoms with Gasteiger partial charge >= 0.3 is 0 Å². The van der Waals surface area contributed by atoms with E-state index in [1.807, 2.05) is 18.2 Å². The minimum atomic E-state index is 0.170. The Bertz CT molecular complexity index is 886. The van der Waals surface area contributed by atoms with Gasteiger partial charge in [0, 0.05) is 23.0 Å². The number of benzene rings is 1. The van der Waals surface area contributed by atoms with Crippen LogP contribution in [0.1, 0.15) is 29.4 Å². The third kappa shape index (κ3) is 1.32. The Labute approximate surface area is 124 Å². The summed E-state index contributed by atoms with van der Waals surface area (Å²) in [5.41, 5.74) is 5.29. The van der Waals surface area contributed by atoms with Crippen LogP contribution in [0, 0.1) is 0 Å². The molecular formula is C16H12N2O2S. The maximum absolute atomic E-state index is 10.6. The van der Waals surface area contributed by atoms with Gasteiger partial charge in [0.2, 0.25) is 11.8 Å². The van der Waals surface area contributed by atoms with E-state index in [0.717, 1.165) is 33.5 Å². The Hall–Kier alpha value is -2.27. The van der Waals surface area contributed by atoms with E-state index in [-0.39, 0.29) is 23.6 Å². The Morgan fingerprint density at radius 1 is 1.10 bits per heavy atom. The highest BCUT2D eigenvalue weighted by Crippen LogP contribution is 2.57. The quantitative estimate of drug-likeness (QED) is 0.674. The second-order valence-electron chi connectivity index (χ2n) is 5.65. The van der Waals surface area contributed by atoms with Gasteiger partial charge < -0.3 is 10.2 Å². The summed E-state index contributed by atoms with van der Waals surface area (Å²) in [5.74, 6) is 0.819. The largest absolute Gasteiger partial charge is 0.494 e. The summed E-state index contributed by atoms with van der Waals surface area (Å²) < 4.78 is 2.59. The number of hydrogen-bond donors (Lipinski definition) is 2. The summed E-state index contributed by atoms with van der Waals surface area (Å²) in [6.07, 6.45) is 5.23. The topological polar surface area (TPSA) is 58.3 Å². The van der Waals surface area contributed by atoms with Crippen molar-refractivity contribution in [1.82, 2.24) is 9.55 Å². The van der Waals surface area contributed by atoms with Crippen LogP contribution in [-0.4, -0.2) is 19.8 Å². The molecule has 0 saturated heterocycles. The summed E-state index contributed by atoms with van der Waals surface area (Å²) >= 11 is 1.55. The lowest BCUT2D eigenvalue weighted by Gasteiger charge is -2.09. The fraction of sp³-hybridized carbons (Fsp3) is 0.188. The van der Waals surface area contributed by atoms with Gasteiger partial charge in [-0.05, 0) is 24.6 Å². The highest BCUT2D eigenvalue weighted by atomic mass is 32.1. The number of fused-ring (bicyclic) bond motifs is 6. The molecule has 2 atom stereocenters. The van der Waals surface area contributed by atoms with Crippen LogP contribution in [0.3, 0.4) is 0 Å². The minimum Gasteiger partial charge on any atom is -0.494 e. The third-order valence-electron chi connectivity index (χ3n) is 4.59. The number of nitrogens with zero attached hydrogens (tertiary/aromatic N) is 2. The molecule has 2 aromatic heterocycles. The molecule has 0 radical (unpaired) electrons. The average molecular weight is 296 g/mol. The van der Waals surface area contributed by atoms with Crippen LogP contribution in [0.5, 0.6) is 11.8 Å². The number of rotatable bonds is 1. The first-order valence-corrected chi connectivity index (χ1v) is 7.80. The van der Waals surface area contributed by atoms with E-state index in [2.05, 4.69) is 17.1 Å². The highest BCUT2D eigenvalue weighted by molar-refractivity contribution is 7.16. The van der Waals surface area contributed by atoms with Crippen molar-refractivity contribution in [3.63, 3.8) is 0 Å². The summed E-state index contributed by atoms with van der Waals surface area (Å²) in [7, 11) is 0. The van der Waals surface area contributed by atoms with E-state index in [0.29, 0.717) is 0 Å². The van der Waals surface area contributed by atoms with Gasteiger partial charge in [-0.25, -0.2) is 4.98 Å². The van der Waals surface area contributed by atoms with Crippen molar-refractivity contribution < 1.29 is 10.2 Å². The number of aromatic hydroxyl groups is 2. The van der Waals surface area contributed by atoms with Crippen LogP contribution < -0.4 is 0 Å². The van der Waals surface area contributed by atoms with Gasteiger partial charge in [0.05, 0.1) is 21.4 Å². The smallest absolute Gasteiger partial charge is 0.202 e. The molecule has 5 rings (SSSR count). The van der Waals surface area contributed by atoms with E-state index >= 15 is 0 Å². The van der Waals surface area contributed by atoms with Crippen molar-refractivity contribution in [2.24, 2.45) is 0 Å². The van der Waals surface area contributed by atoms with Crippen molar-refractivity contribution >= 4 is 21.6 Å². The van der Waals surface area contributed by atoms with Crippen molar-refractivity contribution in [3.8, 4) is 17.4 Å². The molecule has 2 aliphatic carbocycles. The standard InChI is InChI=1S/C16H12N2O2S/c19-15-13-8-1-2-9(5-8)14(13)16(20)18(15)10-3-4-11-12(6-10)21-7-17-11/h1-4,6-9,19-20H,5H2/t8-,9+. The van der Waals surface area contributed by atoms with Gasteiger partial charge in [-0.15, -0.1) is 11.3 Å². The van der Waals surface area contributed by atoms with E-state index in [9.17, 15) is 10.2 Å². The zero-order valence-corrected chi connectivity index (χ0v) is 11.8. The maximum Gasteiger partial charge on any atom is 0.202 e. The predicted molar refractivity (Wildman–Crippen MR) is 81.5 cm³/mol. The monoisotopic (exact) mass is 296 g/mol. The number of thiazole rings is 1. The normalized spacial score (nSPS) is 22.3. The molecule has 2 heterocycles. The summed E-state index contributed by atoms with van der Waals surface area (Å²) in [6, 6.07) is 5.75. The van der Waals surface area contributed by atoms with Gasteiger partial charge in [0.25, 0.3) is 0 Å². The summed E-state index contributed by atoms with van der Waals surface area (Å²) in [6.45, 7) is 0. The van der Waals surface area contributed by atoms with Gasteiger partial charge in [-0.3, -0.25) is 4.57 Å². The van der Waals surface area contributed by atoms with E-state index in [1.165, 1.54) is 0 Å². The molecule has 3 aromatic rings. The van der Waals surface area contributed by atoms with Crippen LogP contribution in [0.4, 0.5) is 0 Å². The lowest BCUT2D eigenvalue weighted by molar-refractivity contribution is 0.395. The molecule has 0 saturated carbocycles. The predicted octanol–water partition coefficient (Wildman–Crippen LogP) is 3.64. The third-order valence-corrected chi connectivity index (χ3v) is 5.39. The lowest BCUT2D eigenvalue weighted by atomic mass is 10.0. The van der Waals surface area contributed by atoms with Crippen LogP contribution >= 0.6 is 11.3 Å². The minimum absolute atomic E-state index is 0.170. The second-order valence-corrected chi connectivity index (χ2v) is 6.53.